The Morgan fingerprint density at radius 3 is 1.95 bits per heavy atom. The first-order chi connectivity index (χ1) is 20.9. The van der Waals surface area contributed by atoms with Crippen LogP contribution in [-0.2, 0) is 4.79 Å². The first kappa shape index (κ1) is 31.0. The van der Waals surface area contributed by atoms with E-state index < -0.39 is 5.54 Å². The lowest BCUT2D eigenvalue weighted by molar-refractivity contribution is -0.129. The Hall–Kier alpha value is -3.46. The Kier molecular flexibility index (Phi) is 10.0. The van der Waals surface area contributed by atoms with Crippen molar-refractivity contribution < 1.29 is 28.5 Å². The Morgan fingerprint density at radius 1 is 0.767 bits per heavy atom. The van der Waals surface area contributed by atoms with Crippen LogP contribution >= 0.6 is 0 Å². The average molecular weight is 594 g/mol. The summed E-state index contributed by atoms with van der Waals surface area (Å²) in [6.45, 7) is 2.77. The van der Waals surface area contributed by atoms with Crippen LogP contribution in [0.2, 0.25) is 0 Å². The highest BCUT2D eigenvalue weighted by atomic mass is 16.5. The molecule has 0 bridgehead atoms. The Morgan fingerprint density at radius 2 is 1.35 bits per heavy atom. The number of anilines is 1. The smallest absolute Gasteiger partial charge is 0.255 e. The number of nitrogens with zero attached hydrogens (tertiary/aromatic N) is 2. The second-order valence-electron chi connectivity index (χ2n) is 12.2. The summed E-state index contributed by atoms with van der Waals surface area (Å²) in [5, 5.41) is 3.17. The molecular formula is C34H47N3O6. The summed E-state index contributed by atoms with van der Waals surface area (Å²) in [7, 11) is 6.34. The van der Waals surface area contributed by atoms with Gasteiger partial charge >= 0.3 is 0 Å². The van der Waals surface area contributed by atoms with Gasteiger partial charge in [0, 0.05) is 48.1 Å². The standard InChI is InChI=1S/C34H47N3O6/c1-40-27-17-25(18-28(21-27)41-2)32(38)37(23-24-11-10-16-36-15-9-6-12-31(24)36)34(13-7-5-8-14-34)33(39)35-26-19-29(42-3)22-30(20-26)43-4/h17-22,24,31H,5-16,23H2,1-4H3,(H,35,39)/t24?,31-/m0/s1. The molecule has 2 amide bonds. The minimum Gasteiger partial charge on any atom is -0.497 e. The van der Waals surface area contributed by atoms with Gasteiger partial charge in [-0.2, -0.15) is 0 Å². The second-order valence-corrected chi connectivity index (χ2v) is 12.2. The summed E-state index contributed by atoms with van der Waals surface area (Å²) < 4.78 is 22.0. The monoisotopic (exact) mass is 593 g/mol. The highest BCUT2D eigenvalue weighted by molar-refractivity contribution is 6.04. The fourth-order valence-corrected chi connectivity index (χ4v) is 7.45. The predicted octanol–water partition coefficient (Wildman–Crippen LogP) is 5.77. The molecule has 9 heteroatoms. The second kappa shape index (κ2) is 13.9. The van der Waals surface area contributed by atoms with Gasteiger partial charge in [0.05, 0.1) is 28.4 Å². The van der Waals surface area contributed by atoms with Crippen molar-refractivity contribution in [3.63, 3.8) is 0 Å². The highest BCUT2D eigenvalue weighted by Gasteiger charge is 2.49. The van der Waals surface area contributed by atoms with E-state index in [0.29, 0.717) is 65.6 Å². The van der Waals surface area contributed by atoms with Crippen LogP contribution in [0.1, 0.15) is 74.6 Å². The molecule has 0 spiro atoms. The minimum atomic E-state index is -1.00. The molecule has 2 aromatic rings. The lowest BCUT2D eigenvalue weighted by Crippen LogP contribution is -2.62. The summed E-state index contributed by atoms with van der Waals surface area (Å²) in [5.74, 6) is 2.24. The summed E-state index contributed by atoms with van der Waals surface area (Å²) in [5.41, 5.74) is 0.0462. The molecule has 1 N–H and O–H groups in total. The zero-order valence-electron chi connectivity index (χ0n) is 26.2. The number of hydrogen-bond acceptors (Lipinski definition) is 7. The quantitative estimate of drug-likeness (QED) is 0.374. The first-order valence-electron chi connectivity index (χ1n) is 15.7. The van der Waals surface area contributed by atoms with E-state index >= 15 is 0 Å². The largest absolute Gasteiger partial charge is 0.497 e. The summed E-state index contributed by atoms with van der Waals surface area (Å²) in [4.78, 5) is 33.9. The van der Waals surface area contributed by atoms with Crippen LogP contribution in [0.4, 0.5) is 5.69 Å². The molecule has 5 rings (SSSR count). The lowest BCUT2D eigenvalue weighted by atomic mass is 9.76. The van der Waals surface area contributed by atoms with Gasteiger partial charge in [-0.3, -0.25) is 9.59 Å². The number of piperidine rings is 2. The van der Waals surface area contributed by atoms with Crippen molar-refractivity contribution in [1.82, 2.24) is 9.80 Å². The normalized spacial score (nSPS) is 21.7. The van der Waals surface area contributed by atoms with Gasteiger partial charge in [-0.05, 0) is 69.7 Å². The molecule has 2 aliphatic heterocycles. The molecule has 9 nitrogen and oxygen atoms in total. The number of hydrogen-bond donors (Lipinski definition) is 1. The number of nitrogens with one attached hydrogen (secondary N) is 1. The molecule has 234 valence electrons. The molecule has 2 saturated heterocycles. The van der Waals surface area contributed by atoms with E-state index in [1.807, 2.05) is 4.90 Å². The van der Waals surface area contributed by atoms with Crippen LogP contribution in [0.25, 0.3) is 0 Å². The topological polar surface area (TPSA) is 89.6 Å². The van der Waals surface area contributed by atoms with Crippen molar-refractivity contribution in [3.8, 4) is 23.0 Å². The van der Waals surface area contributed by atoms with E-state index in [9.17, 15) is 9.59 Å². The summed E-state index contributed by atoms with van der Waals surface area (Å²) >= 11 is 0. The van der Waals surface area contributed by atoms with Crippen molar-refractivity contribution in [3.05, 3.63) is 42.0 Å². The molecule has 2 aromatic carbocycles. The molecule has 3 aliphatic rings. The van der Waals surface area contributed by atoms with Gasteiger partial charge in [-0.25, -0.2) is 0 Å². The summed E-state index contributed by atoms with van der Waals surface area (Å²) in [6, 6.07) is 11.1. The maximum atomic E-state index is 14.8. The molecule has 3 fully saturated rings. The number of ether oxygens (including phenoxy) is 4. The third-order valence-corrected chi connectivity index (χ3v) is 9.72. The van der Waals surface area contributed by atoms with E-state index in [4.69, 9.17) is 18.9 Å². The van der Waals surface area contributed by atoms with Gasteiger partial charge in [0.2, 0.25) is 5.91 Å². The molecule has 43 heavy (non-hydrogen) atoms. The van der Waals surface area contributed by atoms with Crippen LogP contribution < -0.4 is 24.3 Å². The third-order valence-electron chi connectivity index (χ3n) is 9.72. The number of rotatable bonds is 10. The minimum absolute atomic E-state index is 0.162. The maximum absolute atomic E-state index is 14.8. The van der Waals surface area contributed by atoms with Gasteiger partial charge in [0.1, 0.15) is 28.5 Å². The SMILES string of the molecule is COc1cc(NC(=O)C2(N(CC3CCCN4CCCC[C@@H]34)C(=O)c3cc(OC)cc(OC)c3)CCCCC2)cc(OC)c1. The zero-order chi connectivity index (χ0) is 30.4. The Labute approximate surface area is 255 Å². The van der Waals surface area contributed by atoms with Gasteiger partial charge < -0.3 is 34.1 Å². The number of benzene rings is 2. The molecule has 2 heterocycles. The van der Waals surface area contributed by atoms with Crippen molar-refractivity contribution in [2.24, 2.45) is 5.92 Å². The van der Waals surface area contributed by atoms with Crippen LogP contribution in [0.5, 0.6) is 23.0 Å². The number of amides is 2. The number of fused-ring (bicyclic) bond motifs is 1. The summed E-state index contributed by atoms with van der Waals surface area (Å²) in [6.07, 6.45) is 9.74. The maximum Gasteiger partial charge on any atom is 0.255 e. The van der Waals surface area contributed by atoms with Crippen molar-refractivity contribution >= 4 is 17.5 Å². The Balaban J connectivity index is 1.56. The van der Waals surface area contributed by atoms with Crippen LogP contribution in [0.3, 0.4) is 0 Å². The van der Waals surface area contributed by atoms with E-state index in [-0.39, 0.29) is 11.8 Å². The van der Waals surface area contributed by atoms with E-state index in [2.05, 4.69) is 10.2 Å². The van der Waals surface area contributed by atoms with Gasteiger partial charge in [-0.15, -0.1) is 0 Å². The Bertz CT molecular complexity index is 1230. The molecule has 0 radical (unpaired) electrons. The number of carbonyl (C=O) groups is 2. The van der Waals surface area contributed by atoms with Gasteiger partial charge in [0.25, 0.3) is 5.91 Å². The highest BCUT2D eigenvalue weighted by Crippen LogP contribution is 2.40. The third kappa shape index (κ3) is 6.71. The molecule has 1 saturated carbocycles. The van der Waals surface area contributed by atoms with Gasteiger partial charge in [-0.1, -0.05) is 25.7 Å². The molecule has 0 aromatic heterocycles. The van der Waals surface area contributed by atoms with Gasteiger partial charge in [0.15, 0.2) is 0 Å². The van der Waals surface area contributed by atoms with E-state index in [1.54, 1.807) is 64.8 Å². The molecule has 1 unspecified atom stereocenters. The molecule has 2 atom stereocenters. The molecular weight excluding hydrogens is 546 g/mol. The molecule has 1 aliphatic carbocycles. The fourth-order valence-electron chi connectivity index (χ4n) is 7.45. The zero-order valence-corrected chi connectivity index (χ0v) is 26.2. The lowest BCUT2D eigenvalue weighted by Gasteiger charge is -2.50. The van der Waals surface area contributed by atoms with Crippen molar-refractivity contribution in [1.29, 1.82) is 0 Å². The van der Waals surface area contributed by atoms with E-state index in [1.165, 1.54) is 12.8 Å². The predicted molar refractivity (Wildman–Crippen MR) is 167 cm³/mol. The van der Waals surface area contributed by atoms with Crippen LogP contribution in [0.15, 0.2) is 36.4 Å². The first-order valence-corrected chi connectivity index (χ1v) is 15.7. The van der Waals surface area contributed by atoms with Crippen LogP contribution in [0, 0.1) is 5.92 Å². The number of carbonyl (C=O) groups excluding carboxylic acids is 2. The van der Waals surface area contributed by atoms with Crippen molar-refractivity contribution in [2.45, 2.75) is 75.8 Å². The average Bonchev–Trinajstić information content (AvgIpc) is 3.06. The van der Waals surface area contributed by atoms with Crippen LogP contribution in [-0.4, -0.2) is 81.3 Å². The number of methoxy groups -OCH3 is 4. The fraction of sp³-hybridized carbons (Fsp3) is 0.588. The van der Waals surface area contributed by atoms with E-state index in [0.717, 1.165) is 51.6 Å². The van der Waals surface area contributed by atoms with Crippen molar-refractivity contribution in [2.75, 3.05) is 53.4 Å².